The average molecular weight is 342 g/mol. The number of carbonyl (C=O) groups excluding carboxylic acids is 2. The van der Waals surface area contributed by atoms with Gasteiger partial charge in [0.2, 0.25) is 5.91 Å². The minimum absolute atomic E-state index is 0.0257. The Morgan fingerprint density at radius 3 is 2.12 bits per heavy atom. The van der Waals surface area contributed by atoms with E-state index < -0.39 is 0 Å². The molecule has 0 unspecified atom stereocenters. The maximum atomic E-state index is 12.4. The van der Waals surface area contributed by atoms with E-state index >= 15 is 0 Å². The van der Waals surface area contributed by atoms with E-state index in [1.54, 1.807) is 49.6 Å². The molecule has 0 fully saturated rings. The van der Waals surface area contributed by atoms with Crippen LogP contribution in [0, 0.1) is 0 Å². The van der Waals surface area contributed by atoms with Crippen LogP contribution >= 0.6 is 0 Å². The highest BCUT2D eigenvalue weighted by Gasteiger charge is 2.13. The van der Waals surface area contributed by atoms with Crippen molar-refractivity contribution in [2.75, 3.05) is 24.9 Å². The number of nitrogens with one attached hydrogen (secondary N) is 2. The van der Waals surface area contributed by atoms with Crippen molar-refractivity contribution in [2.24, 2.45) is 0 Å². The van der Waals surface area contributed by atoms with Gasteiger partial charge in [-0.05, 0) is 42.8 Å². The lowest BCUT2D eigenvalue weighted by Crippen LogP contribution is -2.14. The summed E-state index contributed by atoms with van der Waals surface area (Å²) in [5, 5.41) is 5.60. The van der Waals surface area contributed by atoms with Crippen LogP contribution in [0.3, 0.4) is 0 Å². The fraction of sp³-hybridized carbons (Fsp3) is 0.263. The molecular weight excluding hydrogens is 320 g/mol. The Hall–Kier alpha value is -3.02. The zero-order valence-corrected chi connectivity index (χ0v) is 14.6. The zero-order valence-electron chi connectivity index (χ0n) is 14.6. The number of anilines is 2. The number of carbonyl (C=O) groups is 2. The van der Waals surface area contributed by atoms with Crippen molar-refractivity contribution in [3.8, 4) is 11.5 Å². The van der Waals surface area contributed by atoms with Gasteiger partial charge in [0.05, 0.1) is 19.8 Å². The van der Waals surface area contributed by atoms with E-state index in [-0.39, 0.29) is 11.8 Å². The summed E-state index contributed by atoms with van der Waals surface area (Å²) in [5.41, 5.74) is 1.72. The van der Waals surface area contributed by atoms with Crippen LogP contribution in [0.5, 0.6) is 11.5 Å². The number of rotatable bonds is 7. The summed E-state index contributed by atoms with van der Waals surface area (Å²) in [6, 6.07) is 11.9. The molecule has 0 spiro atoms. The summed E-state index contributed by atoms with van der Waals surface area (Å²) in [4.78, 5) is 24.0. The Morgan fingerprint density at radius 1 is 0.920 bits per heavy atom. The number of ether oxygens (including phenoxy) is 2. The summed E-state index contributed by atoms with van der Waals surface area (Å²) >= 11 is 0. The van der Waals surface area contributed by atoms with Gasteiger partial charge in [-0.2, -0.15) is 0 Å². The van der Waals surface area contributed by atoms with Gasteiger partial charge in [-0.3, -0.25) is 9.59 Å². The first-order chi connectivity index (χ1) is 12.1. The van der Waals surface area contributed by atoms with Gasteiger partial charge in [-0.15, -0.1) is 0 Å². The maximum Gasteiger partial charge on any atom is 0.259 e. The van der Waals surface area contributed by atoms with Gasteiger partial charge < -0.3 is 20.1 Å². The van der Waals surface area contributed by atoms with Crippen LogP contribution in [0.15, 0.2) is 42.5 Å². The van der Waals surface area contributed by atoms with E-state index in [0.29, 0.717) is 34.9 Å². The molecule has 0 aromatic heterocycles. The van der Waals surface area contributed by atoms with Crippen molar-refractivity contribution in [1.29, 1.82) is 0 Å². The Bertz CT molecular complexity index is 742. The van der Waals surface area contributed by atoms with E-state index in [2.05, 4.69) is 10.6 Å². The summed E-state index contributed by atoms with van der Waals surface area (Å²) in [7, 11) is 3.05. The summed E-state index contributed by atoms with van der Waals surface area (Å²) in [6.45, 7) is 1.95. The van der Waals surface area contributed by atoms with Crippen molar-refractivity contribution in [3.63, 3.8) is 0 Å². The number of amides is 2. The third-order valence-electron chi connectivity index (χ3n) is 3.56. The minimum Gasteiger partial charge on any atom is -0.497 e. The molecule has 0 atom stereocenters. The molecule has 132 valence electrons. The second-order valence-electron chi connectivity index (χ2n) is 5.40. The Kier molecular flexibility index (Phi) is 6.39. The molecule has 0 saturated heterocycles. The number of hydrogen-bond acceptors (Lipinski definition) is 4. The van der Waals surface area contributed by atoms with Crippen molar-refractivity contribution in [1.82, 2.24) is 0 Å². The standard InChI is InChI=1S/C19H22N2O4/c1-4-5-18(22)20-13-6-8-14(9-7-13)21-19(23)16-11-10-15(24-2)12-17(16)25-3/h6-12H,4-5H2,1-3H3,(H,20,22)(H,21,23). The molecule has 2 N–H and O–H groups in total. The monoisotopic (exact) mass is 342 g/mol. The lowest BCUT2D eigenvalue weighted by atomic mass is 10.1. The average Bonchev–Trinajstić information content (AvgIpc) is 2.62. The first-order valence-corrected chi connectivity index (χ1v) is 8.00. The van der Waals surface area contributed by atoms with E-state index in [9.17, 15) is 9.59 Å². The molecule has 2 aromatic carbocycles. The second-order valence-corrected chi connectivity index (χ2v) is 5.40. The van der Waals surface area contributed by atoms with E-state index in [0.717, 1.165) is 6.42 Å². The van der Waals surface area contributed by atoms with Crippen LogP contribution in [0.1, 0.15) is 30.1 Å². The van der Waals surface area contributed by atoms with Gasteiger partial charge in [-0.1, -0.05) is 6.92 Å². The summed E-state index contributed by atoms with van der Waals surface area (Å²) in [5.74, 6) is 0.727. The van der Waals surface area contributed by atoms with Gasteiger partial charge >= 0.3 is 0 Å². The molecule has 2 rings (SSSR count). The molecule has 0 bridgehead atoms. The third-order valence-corrected chi connectivity index (χ3v) is 3.56. The van der Waals surface area contributed by atoms with Crippen LogP contribution in [-0.4, -0.2) is 26.0 Å². The van der Waals surface area contributed by atoms with Crippen molar-refractivity contribution in [3.05, 3.63) is 48.0 Å². The van der Waals surface area contributed by atoms with Crippen molar-refractivity contribution >= 4 is 23.2 Å². The summed E-state index contributed by atoms with van der Waals surface area (Å²) < 4.78 is 10.4. The Morgan fingerprint density at radius 2 is 1.56 bits per heavy atom. The number of benzene rings is 2. The van der Waals surface area contributed by atoms with Gasteiger partial charge in [0, 0.05) is 23.9 Å². The molecule has 2 amide bonds. The topological polar surface area (TPSA) is 76.7 Å². The molecule has 0 radical (unpaired) electrons. The number of hydrogen-bond donors (Lipinski definition) is 2. The Balaban J connectivity index is 2.07. The van der Waals surface area contributed by atoms with Crippen LogP contribution in [0.2, 0.25) is 0 Å². The van der Waals surface area contributed by atoms with Crippen molar-refractivity contribution in [2.45, 2.75) is 19.8 Å². The van der Waals surface area contributed by atoms with Gasteiger partial charge in [0.15, 0.2) is 0 Å². The molecule has 2 aromatic rings. The molecule has 0 aliphatic carbocycles. The normalized spacial score (nSPS) is 10.0. The molecule has 0 saturated carbocycles. The van der Waals surface area contributed by atoms with Crippen LogP contribution in [0.4, 0.5) is 11.4 Å². The van der Waals surface area contributed by atoms with Crippen LogP contribution in [0.25, 0.3) is 0 Å². The van der Waals surface area contributed by atoms with Gasteiger partial charge in [0.25, 0.3) is 5.91 Å². The minimum atomic E-state index is -0.290. The first kappa shape index (κ1) is 18.3. The predicted octanol–water partition coefficient (Wildman–Crippen LogP) is 3.69. The molecule has 25 heavy (non-hydrogen) atoms. The van der Waals surface area contributed by atoms with Crippen LogP contribution < -0.4 is 20.1 Å². The number of methoxy groups -OCH3 is 2. The molecular formula is C19H22N2O4. The molecule has 0 heterocycles. The Labute approximate surface area is 147 Å². The summed E-state index contributed by atoms with van der Waals surface area (Å²) in [6.07, 6.45) is 1.28. The lowest BCUT2D eigenvalue weighted by Gasteiger charge is -2.11. The molecule has 0 aliphatic rings. The largest absolute Gasteiger partial charge is 0.497 e. The highest BCUT2D eigenvalue weighted by molar-refractivity contribution is 6.06. The maximum absolute atomic E-state index is 12.4. The van der Waals surface area contributed by atoms with E-state index in [4.69, 9.17) is 9.47 Å². The highest BCUT2D eigenvalue weighted by atomic mass is 16.5. The van der Waals surface area contributed by atoms with Gasteiger partial charge in [-0.25, -0.2) is 0 Å². The molecule has 6 heteroatoms. The van der Waals surface area contributed by atoms with Crippen LogP contribution in [-0.2, 0) is 4.79 Å². The quantitative estimate of drug-likeness (QED) is 0.804. The second kappa shape index (κ2) is 8.73. The molecule has 6 nitrogen and oxygen atoms in total. The van der Waals surface area contributed by atoms with E-state index in [1.165, 1.54) is 7.11 Å². The van der Waals surface area contributed by atoms with Crippen molar-refractivity contribution < 1.29 is 19.1 Å². The molecule has 0 aliphatic heterocycles. The third kappa shape index (κ3) is 4.97. The zero-order chi connectivity index (χ0) is 18.2. The van der Waals surface area contributed by atoms with E-state index in [1.807, 2.05) is 6.92 Å². The van der Waals surface area contributed by atoms with Gasteiger partial charge in [0.1, 0.15) is 11.5 Å². The highest BCUT2D eigenvalue weighted by Crippen LogP contribution is 2.25. The first-order valence-electron chi connectivity index (χ1n) is 8.00. The SMILES string of the molecule is CCCC(=O)Nc1ccc(NC(=O)c2ccc(OC)cc2OC)cc1. The fourth-order valence-corrected chi connectivity index (χ4v) is 2.27. The predicted molar refractivity (Wildman–Crippen MR) is 97.5 cm³/mol. The smallest absolute Gasteiger partial charge is 0.259 e. The lowest BCUT2D eigenvalue weighted by molar-refractivity contribution is -0.116. The fourth-order valence-electron chi connectivity index (χ4n) is 2.27.